The van der Waals surface area contributed by atoms with Gasteiger partial charge in [-0.05, 0) is 30.5 Å². The Hall–Kier alpha value is -2.11. The maximum absolute atomic E-state index is 11.3. The fourth-order valence-electron chi connectivity index (χ4n) is 2.94. The van der Waals surface area contributed by atoms with Gasteiger partial charge in [0.05, 0.1) is 13.0 Å². The molecule has 0 heterocycles. The van der Waals surface area contributed by atoms with E-state index in [2.05, 4.69) is 0 Å². The van der Waals surface area contributed by atoms with Gasteiger partial charge in [0, 0.05) is 18.3 Å². The van der Waals surface area contributed by atoms with Crippen LogP contribution < -0.4 is 4.74 Å². The molecule has 1 aromatic rings. The van der Waals surface area contributed by atoms with Crippen LogP contribution in [0.2, 0.25) is 0 Å². The number of nitro groups is 1. The summed E-state index contributed by atoms with van der Waals surface area (Å²) >= 11 is 0. The fraction of sp³-hybridized carbons (Fsp3) is 0.533. The van der Waals surface area contributed by atoms with Gasteiger partial charge in [0.2, 0.25) is 6.04 Å². The van der Waals surface area contributed by atoms with Crippen LogP contribution in [0.25, 0.3) is 0 Å². The summed E-state index contributed by atoms with van der Waals surface area (Å²) in [5.41, 5.74) is 0.855. The minimum absolute atomic E-state index is 0.228. The first kappa shape index (κ1) is 15.3. The first-order valence-corrected chi connectivity index (χ1v) is 6.96. The van der Waals surface area contributed by atoms with Gasteiger partial charge < -0.3 is 9.47 Å². The number of benzene rings is 1. The Morgan fingerprint density at radius 1 is 1.38 bits per heavy atom. The molecule has 6 heteroatoms. The fourth-order valence-corrected chi connectivity index (χ4v) is 2.94. The van der Waals surface area contributed by atoms with E-state index >= 15 is 0 Å². The van der Waals surface area contributed by atoms with Gasteiger partial charge in [-0.25, -0.2) is 0 Å². The summed E-state index contributed by atoms with van der Waals surface area (Å²) in [6, 6.07) is 6.65. The van der Waals surface area contributed by atoms with Gasteiger partial charge in [-0.2, -0.15) is 0 Å². The highest BCUT2D eigenvalue weighted by molar-refractivity contribution is 5.66. The van der Waals surface area contributed by atoms with E-state index in [0.717, 1.165) is 5.56 Å². The molecule has 114 valence electrons. The Balaban J connectivity index is 2.24. The largest absolute Gasteiger partial charge is 0.497 e. The highest BCUT2D eigenvalue weighted by atomic mass is 16.6. The molecule has 6 nitrogen and oxygen atoms in total. The smallest absolute Gasteiger partial charge is 0.302 e. The van der Waals surface area contributed by atoms with Crippen molar-refractivity contribution in [3.05, 3.63) is 39.9 Å². The molecule has 1 saturated carbocycles. The van der Waals surface area contributed by atoms with Gasteiger partial charge in [0.15, 0.2) is 0 Å². The van der Waals surface area contributed by atoms with Gasteiger partial charge in [-0.1, -0.05) is 12.1 Å². The number of hydrogen-bond acceptors (Lipinski definition) is 5. The summed E-state index contributed by atoms with van der Waals surface area (Å²) in [6.45, 7) is 1.36. The molecule has 1 aliphatic carbocycles. The van der Waals surface area contributed by atoms with Crippen molar-refractivity contribution < 1.29 is 19.2 Å². The van der Waals surface area contributed by atoms with E-state index in [4.69, 9.17) is 9.47 Å². The molecule has 21 heavy (non-hydrogen) atoms. The molecule has 0 radical (unpaired) electrons. The van der Waals surface area contributed by atoms with E-state index in [1.54, 1.807) is 13.2 Å². The molecule has 0 spiro atoms. The van der Waals surface area contributed by atoms with Crippen molar-refractivity contribution >= 4 is 5.97 Å². The quantitative estimate of drug-likeness (QED) is 0.484. The van der Waals surface area contributed by atoms with E-state index in [1.165, 1.54) is 6.92 Å². The zero-order valence-corrected chi connectivity index (χ0v) is 12.2. The molecular formula is C15H19NO5. The lowest BCUT2D eigenvalue weighted by Crippen LogP contribution is -2.37. The number of carbonyl (C=O) groups excluding carboxylic acids is 1. The number of methoxy groups -OCH3 is 1. The lowest BCUT2D eigenvalue weighted by atomic mass is 9.79. The lowest BCUT2D eigenvalue weighted by Gasteiger charge is -2.31. The SMILES string of the molecule is COc1cccc(C2CC(OC(C)=O)CCC2[N+](=O)[O-])c1. The number of nitrogens with zero attached hydrogens (tertiary/aromatic N) is 1. The van der Waals surface area contributed by atoms with Gasteiger partial charge >= 0.3 is 5.97 Å². The van der Waals surface area contributed by atoms with Gasteiger partial charge in [-0.15, -0.1) is 0 Å². The Morgan fingerprint density at radius 2 is 2.14 bits per heavy atom. The zero-order chi connectivity index (χ0) is 15.4. The van der Waals surface area contributed by atoms with Gasteiger partial charge in [0.25, 0.3) is 0 Å². The molecule has 3 unspecified atom stereocenters. The molecule has 0 saturated heterocycles. The second kappa shape index (κ2) is 6.56. The molecule has 1 aromatic carbocycles. The van der Waals surface area contributed by atoms with Crippen LogP contribution in [0.4, 0.5) is 0 Å². The van der Waals surface area contributed by atoms with Crippen molar-refractivity contribution in [3.63, 3.8) is 0 Å². The normalized spacial score (nSPS) is 25.1. The van der Waals surface area contributed by atoms with Crippen LogP contribution >= 0.6 is 0 Å². The lowest BCUT2D eigenvalue weighted by molar-refractivity contribution is -0.531. The molecule has 2 rings (SSSR count). The van der Waals surface area contributed by atoms with E-state index < -0.39 is 6.04 Å². The highest BCUT2D eigenvalue weighted by Crippen LogP contribution is 2.37. The van der Waals surface area contributed by atoms with Crippen molar-refractivity contribution in [1.82, 2.24) is 0 Å². The Kier molecular flexibility index (Phi) is 4.77. The molecule has 1 fully saturated rings. The molecule has 3 atom stereocenters. The van der Waals surface area contributed by atoms with Gasteiger partial charge in [-0.3, -0.25) is 14.9 Å². The minimum Gasteiger partial charge on any atom is -0.497 e. The zero-order valence-electron chi connectivity index (χ0n) is 12.2. The van der Waals surface area contributed by atoms with Crippen LogP contribution in [0.3, 0.4) is 0 Å². The van der Waals surface area contributed by atoms with E-state index in [1.807, 2.05) is 18.2 Å². The summed E-state index contributed by atoms with van der Waals surface area (Å²) in [6.07, 6.45) is 1.16. The third-order valence-corrected chi connectivity index (χ3v) is 3.89. The molecule has 0 aromatic heterocycles. The Morgan fingerprint density at radius 3 is 2.76 bits per heavy atom. The van der Waals surface area contributed by atoms with Crippen molar-refractivity contribution in [2.45, 2.75) is 44.2 Å². The summed E-state index contributed by atoms with van der Waals surface area (Å²) < 4.78 is 10.4. The molecule has 0 amide bonds. The average Bonchev–Trinajstić information content (AvgIpc) is 2.46. The minimum atomic E-state index is -0.649. The average molecular weight is 293 g/mol. The van der Waals surface area contributed by atoms with Crippen molar-refractivity contribution in [2.75, 3.05) is 7.11 Å². The summed E-state index contributed by atoms with van der Waals surface area (Å²) in [4.78, 5) is 22.2. The maximum atomic E-state index is 11.3. The number of ether oxygens (including phenoxy) is 2. The summed E-state index contributed by atoms with van der Waals surface area (Å²) in [5, 5.41) is 11.3. The number of hydrogen-bond donors (Lipinski definition) is 0. The van der Waals surface area contributed by atoms with Crippen LogP contribution in [0.15, 0.2) is 24.3 Å². The summed E-state index contributed by atoms with van der Waals surface area (Å²) in [5.74, 6) is 0.0568. The van der Waals surface area contributed by atoms with Crippen molar-refractivity contribution in [3.8, 4) is 5.75 Å². The second-order valence-corrected chi connectivity index (χ2v) is 5.28. The third kappa shape index (κ3) is 3.71. The van der Waals surface area contributed by atoms with Crippen LogP contribution in [0, 0.1) is 10.1 Å². The van der Waals surface area contributed by atoms with Gasteiger partial charge in [0.1, 0.15) is 11.9 Å². The van der Waals surface area contributed by atoms with E-state index in [9.17, 15) is 14.9 Å². The van der Waals surface area contributed by atoms with Crippen LogP contribution in [-0.2, 0) is 9.53 Å². The molecule has 0 N–H and O–H groups in total. The first-order valence-electron chi connectivity index (χ1n) is 6.96. The molecular weight excluding hydrogens is 274 g/mol. The number of esters is 1. The van der Waals surface area contributed by atoms with Crippen molar-refractivity contribution in [2.24, 2.45) is 0 Å². The first-order chi connectivity index (χ1) is 10.0. The van der Waals surface area contributed by atoms with E-state index in [0.29, 0.717) is 25.0 Å². The Labute approximate surface area is 123 Å². The number of carbonyl (C=O) groups is 1. The van der Waals surface area contributed by atoms with Crippen molar-refractivity contribution in [1.29, 1.82) is 0 Å². The second-order valence-electron chi connectivity index (χ2n) is 5.28. The standard InChI is InChI=1S/C15H19NO5/c1-10(17)21-13-6-7-15(16(18)19)14(9-13)11-4-3-5-12(8-11)20-2/h3-5,8,13-15H,6-7,9H2,1-2H3. The molecule has 0 aliphatic heterocycles. The Bertz CT molecular complexity index is 531. The van der Waals surface area contributed by atoms with E-state index in [-0.39, 0.29) is 22.9 Å². The monoisotopic (exact) mass is 293 g/mol. The predicted octanol–water partition coefficient (Wildman–Crippen LogP) is 2.54. The van der Waals surface area contributed by atoms with Crippen LogP contribution in [-0.4, -0.2) is 30.1 Å². The molecule has 1 aliphatic rings. The molecule has 0 bridgehead atoms. The number of rotatable bonds is 4. The maximum Gasteiger partial charge on any atom is 0.302 e. The summed E-state index contributed by atoms with van der Waals surface area (Å²) in [7, 11) is 1.56. The predicted molar refractivity (Wildman–Crippen MR) is 75.9 cm³/mol. The third-order valence-electron chi connectivity index (χ3n) is 3.89. The van der Waals surface area contributed by atoms with Crippen LogP contribution in [0.5, 0.6) is 5.75 Å². The highest BCUT2D eigenvalue weighted by Gasteiger charge is 2.40. The topological polar surface area (TPSA) is 78.7 Å². The van der Waals surface area contributed by atoms with Crippen LogP contribution in [0.1, 0.15) is 37.7 Å².